The molecule has 40 heavy (non-hydrogen) atoms. The zero-order valence-corrected chi connectivity index (χ0v) is 20.8. The van der Waals surface area contributed by atoms with Crippen molar-refractivity contribution in [3.05, 3.63) is 151 Å². The maximum Gasteiger partial charge on any atom is 0.266 e. The van der Waals surface area contributed by atoms with Gasteiger partial charge in [0.05, 0.1) is 32.9 Å². The molecule has 0 fully saturated rings. The van der Waals surface area contributed by atoms with E-state index in [2.05, 4.69) is 9.97 Å². The van der Waals surface area contributed by atoms with Crippen LogP contribution >= 0.6 is 0 Å². The maximum atomic E-state index is 13.4. The Hall–Kier alpha value is -5.76. The maximum absolute atomic E-state index is 13.4. The van der Waals surface area contributed by atoms with Crippen molar-refractivity contribution in [2.24, 2.45) is 0 Å². The Morgan fingerprint density at radius 3 is 0.950 bits per heavy atom. The first kappa shape index (κ1) is 23.4. The van der Waals surface area contributed by atoms with Crippen LogP contribution in [0.3, 0.4) is 0 Å². The summed E-state index contributed by atoms with van der Waals surface area (Å²) in [6, 6.07) is 24.2. The van der Waals surface area contributed by atoms with Gasteiger partial charge >= 0.3 is 0 Å². The van der Waals surface area contributed by atoms with Crippen LogP contribution in [0.15, 0.2) is 129 Å². The number of rotatable bonds is 4. The summed E-state index contributed by atoms with van der Waals surface area (Å²) in [7, 11) is 0. The summed E-state index contributed by atoms with van der Waals surface area (Å²) >= 11 is 0. The van der Waals surface area contributed by atoms with Crippen LogP contribution in [-0.4, -0.2) is 19.1 Å². The van der Waals surface area contributed by atoms with Crippen LogP contribution in [0.5, 0.6) is 0 Å². The molecular weight excluding hydrogens is 504 g/mol. The quantitative estimate of drug-likeness (QED) is 0.346. The average molecular weight is 523 g/mol. The molecule has 0 saturated heterocycles. The van der Waals surface area contributed by atoms with Crippen LogP contribution in [0.25, 0.3) is 55.2 Å². The van der Waals surface area contributed by atoms with Gasteiger partial charge in [0.15, 0.2) is 0 Å². The molecule has 0 aliphatic rings. The van der Waals surface area contributed by atoms with Crippen LogP contribution in [-0.2, 0) is 0 Å². The lowest BCUT2D eigenvalue weighted by Gasteiger charge is -2.04. The highest BCUT2D eigenvalue weighted by Gasteiger charge is 2.21. The Kier molecular flexibility index (Phi) is 5.21. The van der Waals surface area contributed by atoms with E-state index in [4.69, 9.17) is 0 Å². The summed E-state index contributed by atoms with van der Waals surface area (Å²) in [6.07, 6.45) is 6.75. The molecule has 8 heteroatoms. The molecule has 0 atom stereocenters. The third-order valence-corrected chi connectivity index (χ3v) is 7.17. The van der Waals surface area contributed by atoms with Crippen LogP contribution in [0, 0.1) is 0 Å². The molecule has 0 amide bonds. The first-order valence-corrected chi connectivity index (χ1v) is 12.5. The van der Waals surface area contributed by atoms with Crippen LogP contribution in [0.2, 0.25) is 0 Å². The van der Waals surface area contributed by atoms with Gasteiger partial charge < -0.3 is 0 Å². The van der Waals surface area contributed by atoms with Crippen molar-refractivity contribution in [1.82, 2.24) is 19.1 Å². The SMILES string of the molecule is O=c1c2cc3c(=O)n(-c4ccc(-c5ccncc5)cc4)c(=O)c3cc2c(=O)n1-c1ccc(-c2ccncc2)cc1. The molecule has 4 heterocycles. The van der Waals surface area contributed by atoms with E-state index in [0.29, 0.717) is 11.4 Å². The number of aromatic nitrogens is 4. The van der Waals surface area contributed by atoms with Crippen molar-refractivity contribution >= 4 is 21.5 Å². The van der Waals surface area contributed by atoms with Gasteiger partial charge in [-0.15, -0.1) is 0 Å². The van der Waals surface area contributed by atoms with E-state index < -0.39 is 22.2 Å². The van der Waals surface area contributed by atoms with Gasteiger partial charge in [-0.2, -0.15) is 0 Å². The Morgan fingerprint density at radius 2 is 0.650 bits per heavy atom. The van der Waals surface area contributed by atoms with Crippen molar-refractivity contribution in [3.63, 3.8) is 0 Å². The zero-order chi connectivity index (χ0) is 27.4. The standard InChI is InChI=1S/C32H18N4O4/c37-29-25-17-27-28(32(40)36(31(27)39)24-7-3-20(4-8-24)22-11-15-34-16-12-22)18-26(25)30(38)35(29)23-5-1-19(2-6-23)21-9-13-33-14-10-21/h1-18H. The second kappa shape index (κ2) is 8.92. The minimum atomic E-state index is -0.542. The molecule has 0 bridgehead atoms. The van der Waals surface area contributed by atoms with Gasteiger partial charge in [0, 0.05) is 24.8 Å². The largest absolute Gasteiger partial charge is 0.268 e. The lowest BCUT2D eigenvalue weighted by Crippen LogP contribution is -2.24. The lowest BCUT2D eigenvalue weighted by molar-refractivity contribution is 0.988. The fraction of sp³-hybridized carbons (Fsp3) is 0. The topological polar surface area (TPSA) is 104 Å². The molecule has 8 nitrogen and oxygen atoms in total. The summed E-state index contributed by atoms with van der Waals surface area (Å²) in [6.45, 7) is 0. The molecule has 3 aromatic carbocycles. The molecule has 0 aliphatic carbocycles. The molecule has 0 spiro atoms. The zero-order valence-electron chi connectivity index (χ0n) is 20.8. The summed E-state index contributed by atoms with van der Waals surface area (Å²) in [5, 5.41) is 0.381. The van der Waals surface area contributed by atoms with E-state index in [0.717, 1.165) is 31.4 Å². The average Bonchev–Trinajstić information content (AvgIpc) is 3.40. The predicted octanol–water partition coefficient (Wildman–Crippen LogP) is 4.01. The third kappa shape index (κ3) is 3.54. The fourth-order valence-corrected chi connectivity index (χ4v) is 5.14. The van der Waals surface area contributed by atoms with Gasteiger partial charge in [-0.1, -0.05) is 24.3 Å². The molecule has 0 radical (unpaired) electrons. The predicted molar refractivity (Wildman–Crippen MR) is 154 cm³/mol. The first-order chi connectivity index (χ1) is 19.5. The molecule has 190 valence electrons. The van der Waals surface area contributed by atoms with Crippen molar-refractivity contribution in [2.45, 2.75) is 0 Å². The highest BCUT2D eigenvalue weighted by molar-refractivity contribution is 5.98. The Labute approximate surface area is 225 Å². The summed E-state index contributed by atoms with van der Waals surface area (Å²) < 4.78 is 2.14. The van der Waals surface area contributed by atoms with E-state index in [-0.39, 0.29) is 21.5 Å². The van der Waals surface area contributed by atoms with E-state index in [9.17, 15) is 19.2 Å². The molecule has 0 unspecified atom stereocenters. The van der Waals surface area contributed by atoms with Crippen LogP contribution < -0.4 is 22.2 Å². The van der Waals surface area contributed by atoms with Gasteiger partial charge in [-0.05, 0) is 82.9 Å². The molecular formula is C32H18N4O4. The van der Waals surface area contributed by atoms with Gasteiger partial charge in [-0.25, -0.2) is 9.13 Å². The highest BCUT2D eigenvalue weighted by Crippen LogP contribution is 2.22. The minimum Gasteiger partial charge on any atom is -0.268 e. The Balaban J connectivity index is 1.33. The third-order valence-electron chi connectivity index (χ3n) is 7.17. The van der Waals surface area contributed by atoms with Gasteiger partial charge in [0.1, 0.15) is 0 Å². The molecule has 0 saturated carbocycles. The van der Waals surface area contributed by atoms with Crippen LogP contribution in [0.1, 0.15) is 0 Å². The van der Waals surface area contributed by atoms with E-state index in [1.54, 1.807) is 49.1 Å². The highest BCUT2D eigenvalue weighted by atomic mass is 16.2. The van der Waals surface area contributed by atoms with Crippen LogP contribution in [0.4, 0.5) is 0 Å². The normalized spacial score (nSPS) is 11.4. The lowest BCUT2D eigenvalue weighted by atomic mass is 10.1. The molecule has 4 aromatic heterocycles. The minimum absolute atomic E-state index is 0.0954. The first-order valence-electron chi connectivity index (χ1n) is 12.5. The second-order valence-corrected chi connectivity index (χ2v) is 9.40. The van der Waals surface area contributed by atoms with Gasteiger partial charge in [0.25, 0.3) is 22.2 Å². The molecule has 7 rings (SSSR count). The number of pyridine rings is 2. The number of benzene rings is 3. The van der Waals surface area contributed by atoms with Crippen molar-refractivity contribution in [1.29, 1.82) is 0 Å². The Bertz CT molecular complexity index is 2020. The number of hydrogen-bond donors (Lipinski definition) is 0. The van der Waals surface area contributed by atoms with Gasteiger partial charge in [0.2, 0.25) is 0 Å². The van der Waals surface area contributed by atoms with Gasteiger partial charge in [-0.3, -0.25) is 29.1 Å². The Morgan fingerprint density at radius 1 is 0.375 bits per heavy atom. The summed E-state index contributed by atoms with van der Waals surface area (Å²) in [5.41, 5.74) is 2.36. The van der Waals surface area contributed by atoms with Crippen molar-refractivity contribution in [3.8, 4) is 33.6 Å². The summed E-state index contributed by atoms with van der Waals surface area (Å²) in [4.78, 5) is 61.5. The van der Waals surface area contributed by atoms with Crippen molar-refractivity contribution < 1.29 is 0 Å². The summed E-state index contributed by atoms with van der Waals surface area (Å²) in [5.74, 6) is 0. The number of hydrogen-bond acceptors (Lipinski definition) is 6. The monoisotopic (exact) mass is 522 g/mol. The van der Waals surface area contributed by atoms with E-state index >= 15 is 0 Å². The number of nitrogens with zero attached hydrogens (tertiary/aromatic N) is 4. The van der Waals surface area contributed by atoms with E-state index in [1.165, 1.54) is 12.1 Å². The smallest absolute Gasteiger partial charge is 0.266 e. The number of fused-ring (bicyclic) bond motifs is 2. The van der Waals surface area contributed by atoms with Crippen molar-refractivity contribution in [2.75, 3.05) is 0 Å². The second-order valence-electron chi connectivity index (χ2n) is 9.40. The fourth-order valence-electron chi connectivity index (χ4n) is 5.14. The molecule has 0 aliphatic heterocycles. The molecule has 7 aromatic rings. The molecule has 0 N–H and O–H groups in total. The van der Waals surface area contributed by atoms with E-state index in [1.807, 2.05) is 48.5 Å².